The maximum Gasteiger partial charge on any atom is 0.328 e. The van der Waals surface area contributed by atoms with E-state index < -0.39 is 24.0 Å². The summed E-state index contributed by atoms with van der Waals surface area (Å²) in [5, 5.41) is 12.5. The van der Waals surface area contributed by atoms with Crippen molar-refractivity contribution in [3.63, 3.8) is 0 Å². The van der Waals surface area contributed by atoms with Crippen LogP contribution in [0.1, 0.15) is 52.4 Å². The van der Waals surface area contributed by atoms with E-state index in [-0.39, 0.29) is 11.8 Å². The van der Waals surface area contributed by atoms with Gasteiger partial charge in [-0.1, -0.05) is 33.1 Å². The number of amides is 1. The summed E-state index contributed by atoms with van der Waals surface area (Å²) in [5.41, 5.74) is 0. The number of aliphatic hydroxyl groups is 1. The predicted molar refractivity (Wildman–Crippen MR) is 76.0 cm³/mol. The quantitative estimate of drug-likeness (QED) is 0.727. The van der Waals surface area contributed by atoms with Crippen molar-refractivity contribution in [3.8, 4) is 0 Å². The first-order valence-corrected chi connectivity index (χ1v) is 7.52. The highest BCUT2D eigenvalue weighted by Gasteiger charge is 2.33. The lowest BCUT2D eigenvalue weighted by Crippen LogP contribution is -2.50. The maximum atomic E-state index is 12.0. The van der Waals surface area contributed by atoms with Crippen molar-refractivity contribution in [2.24, 2.45) is 11.8 Å². The number of hydrogen-bond acceptors (Lipinski definition) is 4. The van der Waals surface area contributed by atoms with Gasteiger partial charge in [0, 0.05) is 0 Å². The number of esters is 1. The lowest BCUT2D eigenvalue weighted by atomic mass is 9.83. The minimum Gasteiger partial charge on any atom is -0.467 e. The van der Waals surface area contributed by atoms with Crippen molar-refractivity contribution >= 4 is 11.9 Å². The monoisotopic (exact) mass is 285 g/mol. The van der Waals surface area contributed by atoms with Gasteiger partial charge >= 0.3 is 5.97 Å². The highest BCUT2D eigenvalue weighted by atomic mass is 16.5. The second kappa shape index (κ2) is 8.25. The van der Waals surface area contributed by atoms with Crippen LogP contribution < -0.4 is 5.32 Å². The van der Waals surface area contributed by atoms with E-state index in [2.05, 4.69) is 5.32 Å². The average Bonchev–Trinajstić information content (AvgIpc) is 2.43. The Morgan fingerprint density at radius 2 is 1.85 bits per heavy atom. The number of carbonyl (C=O) groups is 2. The fourth-order valence-corrected chi connectivity index (χ4v) is 2.77. The molecule has 5 heteroatoms. The molecule has 0 radical (unpaired) electrons. The Balaban J connectivity index is 2.64. The summed E-state index contributed by atoms with van der Waals surface area (Å²) in [6.45, 7) is 3.88. The van der Waals surface area contributed by atoms with Crippen molar-refractivity contribution in [1.82, 2.24) is 5.32 Å². The highest BCUT2D eigenvalue weighted by Crippen LogP contribution is 2.27. The van der Waals surface area contributed by atoms with Crippen LogP contribution in [0.15, 0.2) is 0 Å². The van der Waals surface area contributed by atoms with Gasteiger partial charge in [-0.2, -0.15) is 0 Å². The molecule has 0 aliphatic heterocycles. The molecule has 1 amide bonds. The molecule has 0 saturated heterocycles. The van der Waals surface area contributed by atoms with E-state index in [1.807, 2.05) is 13.8 Å². The van der Waals surface area contributed by atoms with Crippen molar-refractivity contribution in [3.05, 3.63) is 0 Å². The van der Waals surface area contributed by atoms with Crippen LogP contribution in [0, 0.1) is 11.8 Å². The standard InChI is InChI=1S/C15H27NO4/c1-10(2)9-12(17)14(18)16-13(15(19)20-3)11-7-5-4-6-8-11/h10-13,17H,4-9H2,1-3H3,(H,16,18)/t12-,13-/m0/s1. The van der Waals surface area contributed by atoms with Gasteiger partial charge in [0.15, 0.2) is 0 Å². The third-order valence-electron chi connectivity index (χ3n) is 3.87. The normalized spacial score (nSPS) is 19.4. The van der Waals surface area contributed by atoms with E-state index in [1.165, 1.54) is 13.5 Å². The summed E-state index contributed by atoms with van der Waals surface area (Å²) < 4.78 is 4.79. The molecule has 1 fully saturated rings. The van der Waals surface area contributed by atoms with Gasteiger partial charge in [0.2, 0.25) is 5.91 Å². The molecule has 0 unspecified atom stereocenters. The van der Waals surface area contributed by atoms with E-state index in [0.717, 1.165) is 25.7 Å². The molecular weight excluding hydrogens is 258 g/mol. The molecule has 0 spiro atoms. The summed E-state index contributed by atoms with van der Waals surface area (Å²) >= 11 is 0. The van der Waals surface area contributed by atoms with Crippen molar-refractivity contribution < 1.29 is 19.4 Å². The van der Waals surface area contributed by atoms with Gasteiger partial charge in [-0.25, -0.2) is 4.79 Å². The van der Waals surface area contributed by atoms with Crippen molar-refractivity contribution in [2.75, 3.05) is 7.11 Å². The number of carbonyl (C=O) groups excluding carboxylic acids is 2. The Hall–Kier alpha value is -1.10. The van der Waals surface area contributed by atoms with Crippen LogP contribution in [0.5, 0.6) is 0 Å². The smallest absolute Gasteiger partial charge is 0.328 e. The van der Waals surface area contributed by atoms with Crippen LogP contribution in [0.25, 0.3) is 0 Å². The zero-order valence-corrected chi connectivity index (χ0v) is 12.7. The third-order valence-corrected chi connectivity index (χ3v) is 3.87. The topological polar surface area (TPSA) is 75.6 Å². The van der Waals surface area contributed by atoms with Crippen LogP contribution >= 0.6 is 0 Å². The molecule has 0 aromatic heterocycles. The zero-order chi connectivity index (χ0) is 15.1. The highest BCUT2D eigenvalue weighted by molar-refractivity contribution is 5.87. The van der Waals surface area contributed by atoms with Crippen molar-refractivity contribution in [1.29, 1.82) is 0 Å². The van der Waals surface area contributed by atoms with E-state index in [0.29, 0.717) is 6.42 Å². The number of aliphatic hydroxyl groups excluding tert-OH is 1. The molecule has 0 aromatic rings. The lowest BCUT2D eigenvalue weighted by molar-refractivity contribution is -0.148. The van der Waals surface area contributed by atoms with Crippen LogP contribution in [0.2, 0.25) is 0 Å². The Kier molecular flexibility index (Phi) is 6.99. The fraction of sp³-hybridized carbons (Fsp3) is 0.867. The summed E-state index contributed by atoms with van der Waals surface area (Å²) in [7, 11) is 1.33. The summed E-state index contributed by atoms with van der Waals surface area (Å²) in [6, 6.07) is -0.630. The lowest BCUT2D eigenvalue weighted by Gasteiger charge is -2.29. The molecule has 1 saturated carbocycles. The largest absolute Gasteiger partial charge is 0.467 e. The second-order valence-electron chi connectivity index (χ2n) is 6.05. The average molecular weight is 285 g/mol. The summed E-state index contributed by atoms with van der Waals surface area (Å²) in [4.78, 5) is 23.9. The van der Waals surface area contributed by atoms with Crippen LogP contribution in [-0.2, 0) is 14.3 Å². The molecule has 2 atom stereocenters. The molecule has 20 heavy (non-hydrogen) atoms. The molecule has 0 aromatic carbocycles. The van der Waals surface area contributed by atoms with E-state index in [1.54, 1.807) is 0 Å². The molecule has 1 aliphatic carbocycles. The number of methoxy groups -OCH3 is 1. The Labute approximate surface area is 121 Å². The van der Waals surface area contributed by atoms with Crippen molar-refractivity contribution in [2.45, 2.75) is 64.5 Å². The Morgan fingerprint density at radius 1 is 1.25 bits per heavy atom. The summed E-state index contributed by atoms with van der Waals surface area (Å²) in [5.74, 6) is -0.546. The van der Waals surface area contributed by atoms with Gasteiger partial charge in [0.1, 0.15) is 12.1 Å². The minimum absolute atomic E-state index is 0.117. The fourth-order valence-electron chi connectivity index (χ4n) is 2.77. The first-order valence-electron chi connectivity index (χ1n) is 7.52. The van der Waals surface area contributed by atoms with Crippen LogP contribution in [-0.4, -0.2) is 36.2 Å². The maximum absolute atomic E-state index is 12.0. The first-order chi connectivity index (χ1) is 9.45. The molecule has 5 nitrogen and oxygen atoms in total. The van der Waals surface area contributed by atoms with Gasteiger partial charge in [-0.15, -0.1) is 0 Å². The van der Waals surface area contributed by atoms with E-state index in [4.69, 9.17) is 4.74 Å². The second-order valence-corrected chi connectivity index (χ2v) is 6.05. The van der Waals surface area contributed by atoms with Gasteiger partial charge in [0.05, 0.1) is 7.11 Å². The Bertz CT molecular complexity index is 324. The number of rotatable bonds is 6. The first kappa shape index (κ1) is 17.0. The Morgan fingerprint density at radius 3 is 2.35 bits per heavy atom. The van der Waals surface area contributed by atoms with Crippen LogP contribution in [0.3, 0.4) is 0 Å². The number of hydrogen-bond donors (Lipinski definition) is 2. The molecule has 0 heterocycles. The van der Waals surface area contributed by atoms with Gasteiger partial charge < -0.3 is 15.2 Å². The van der Waals surface area contributed by atoms with Gasteiger partial charge in [0.25, 0.3) is 0 Å². The number of nitrogens with one attached hydrogen (secondary N) is 1. The molecular formula is C15H27NO4. The molecule has 1 aliphatic rings. The van der Waals surface area contributed by atoms with E-state index in [9.17, 15) is 14.7 Å². The predicted octanol–water partition coefficient (Wildman–Crippen LogP) is 1.63. The molecule has 0 bridgehead atoms. The van der Waals surface area contributed by atoms with E-state index >= 15 is 0 Å². The van der Waals surface area contributed by atoms with Crippen LogP contribution in [0.4, 0.5) is 0 Å². The number of ether oxygens (including phenoxy) is 1. The van der Waals surface area contributed by atoms with Gasteiger partial charge in [-0.3, -0.25) is 4.79 Å². The molecule has 1 rings (SSSR count). The molecule has 116 valence electrons. The third kappa shape index (κ3) is 5.12. The minimum atomic E-state index is -1.06. The SMILES string of the molecule is COC(=O)[C@@H](NC(=O)[C@@H](O)CC(C)C)C1CCCCC1. The molecule has 2 N–H and O–H groups in total. The summed E-state index contributed by atoms with van der Waals surface area (Å²) in [6.07, 6.45) is 4.48. The van der Waals surface area contributed by atoms with Gasteiger partial charge in [-0.05, 0) is 31.1 Å². The zero-order valence-electron chi connectivity index (χ0n) is 12.7.